The molecule has 4 rings (SSSR count). The van der Waals surface area contributed by atoms with Crippen molar-refractivity contribution >= 4 is 5.91 Å². The molecule has 0 N–H and O–H groups in total. The molecule has 1 atom stereocenters. The Hall–Kier alpha value is -2.34. The molecule has 2 aliphatic rings. The highest BCUT2D eigenvalue weighted by atomic mass is 16.5. The Morgan fingerprint density at radius 2 is 2.07 bits per heavy atom. The Labute approximate surface area is 179 Å². The summed E-state index contributed by atoms with van der Waals surface area (Å²) in [7, 11) is 0. The molecule has 1 fully saturated rings. The van der Waals surface area contributed by atoms with Crippen LogP contribution >= 0.6 is 0 Å². The molecule has 162 valence electrons. The van der Waals surface area contributed by atoms with Crippen molar-refractivity contribution in [3.8, 4) is 5.75 Å². The average Bonchev–Trinajstić information content (AvgIpc) is 3.40. The summed E-state index contributed by atoms with van der Waals surface area (Å²) in [5.74, 6) is 1.27. The maximum Gasteiger partial charge on any atom is 0.226 e. The number of likely N-dealkylation sites (tertiary alicyclic amines) is 1. The SMILES string of the molecule is CCC(CC)C(=O)N1CCCC1c1nn(CCOc2ccccc2)c2c1COCC2. The number of carbonyl (C=O) groups is 1. The van der Waals surface area contributed by atoms with Crippen LogP contribution in [0.1, 0.15) is 62.5 Å². The first kappa shape index (κ1) is 20.9. The monoisotopic (exact) mass is 411 g/mol. The number of hydrogen-bond acceptors (Lipinski definition) is 4. The van der Waals surface area contributed by atoms with Gasteiger partial charge in [0.05, 0.1) is 31.5 Å². The summed E-state index contributed by atoms with van der Waals surface area (Å²) in [6.07, 6.45) is 4.67. The van der Waals surface area contributed by atoms with E-state index < -0.39 is 0 Å². The largest absolute Gasteiger partial charge is 0.492 e. The van der Waals surface area contributed by atoms with E-state index in [2.05, 4.69) is 23.4 Å². The van der Waals surface area contributed by atoms with E-state index in [9.17, 15) is 4.79 Å². The summed E-state index contributed by atoms with van der Waals surface area (Å²) >= 11 is 0. The van der Waals surface area contributed by atoms with Gasteiger partial charge >= 0.3 is 0 Å². The predicted molar refractivity (Wildman–Crippen MR) is 115 cm³/mol. The number of para-hydroxylation sites is 1. The van der Waals surface area contributed by atoms with Crippen molar-refractivity contribution in [1.82, 2.24) is 14.7 Å². The average molecular weight is 412 g/mol. The molecule has 1 aromatic carbocycles. The molecule has 0 saturated carbocycles. The molecular formula is C24H33N3O3. The standard InChI is InChI=1S/C24H33N3O3/c1-3-18(4-2)24(28)26-13-8-11-22(26)23-20-17-29-15-12-21(20)27(25-23)14-16-30-19-9-6-5-7-10-19/h5-7,9-10,18,22H,3-4,8,11-17H2,1-2H3. The van der Waals surface area contributed by atoms with Gasteiger partial charge < -0.3 is 14.4 Å². The van der Waals surface area contributed by atoms with E-state index in [1.807, 2.05) is 30.3 Å². The van der Waals surface area contributed by atoms with E-state index in [4.69, 9.17) is 14.6 Å². The van der Waals surface area contributed by atoms with Gasteiger partial charge in [-0.15, -0.1) is 0 Å². The summed E-state index contributed by atoms with van der Waals surface area (Å²) in [4.78, 5) is 15.2. The predicted octanol–water partition coefficient (Wildman–Crippen LogP) is 4.13. The van der Waals surface area contributed by atoms with Gasteiger partial charge in [-0.25, -0.2) is 0 Å². The third-order valence-electron chi connectivity index (χ3n) is 6.43. The Balaban J connectivity index is 1.53. The van der Waals surface area contributed by atoms with Crippen molar-refractivity contribution in [3.05, 3.63) is 47.3 Å². The van der Waals surface area contributed by atoms with Crippen molar-refractivity contribution in [2.45, 2.75) is 65.1 Å². The molecular weight excluding hydrogens is 378 g/mol. The zero-order valence-corrected chi connectivity index (χ0v) is 18.2. The Bertz CT molecular complexity index is 845. The first-order chi connectivity index (χ1) is 14.7. The van der Waals surface area contributed by atoms with Gasteiger partial charge in [0.1, 0.15) is 12.4 Å². The molecule has 0 spiro atoms. The van der Waals surface area contributed by atoms with E-state index in [0.717, 1.165) is 56.7 Å². The third-order valence-corrected chi connectivity index (χ3v) is 6.43. The van der Waals surface area contributed by atoms with Gasteiger partial charge in [0, 0.05) is 30.1 Å². The number of benzene rings is 1. The molecule has 2 aliphatic heterocycles. The van der Waals surface area contributed by atoms with Crippen molar-refractivity contribution in [2.24, 2.45) is 5.92 Å². The molecule has 1 aromatic heterocycles. The van der Waals surface area contributed by atoms with Gasteiger partial charge in [-0.05, 0) is 37.8 Å². The number of amides is 1. The van der Waals surface area contributed by atoms with Crippen molar-refractivity contribution in [3.63, 3.8) is 0 Å². The highest BCUT2D eigenvalue weighted by Crippen LogP contribution is 2.37. The van der Waals surface area contributed by atoms with Gasteiger partial charge in [-0.3, -0.25) is 9.48 Å². The second kappa shape index (κ2) is 9.65. The fourth-order valence-electron chi connectivity index (χ4n) is 4.74. The lowest BCUT2D eigenvalue weighted by Crippen LogP contribution is -2.36. The number of ether oxygens (including phenoxy) is 2. The van der Waals surface area contributed by atoms with Gasteiger partial charge in [0.2, 0.25) is 5.91 Å². The first-order valence-electron chi connectivity index (χ1n) is 11.4. The van der Waals surface area contributed by atoms with Crippen LogP contribution in [-0.2, 0) is 29.1 Å². The maximum atomic E-state index is 13.1. The summed E-state index contributed by atoms with van der Waals surface area (Å²) in [6.45, 7) is 7.62. The van der Waals surface area contributed by atoms with Crippen LogP contribution in [0.2, 0.25) is 0 Å². The molecule has 0 radical (unpaired) electrons. The summed E-state index contributed by atoms with van der Waals surface area (Å²) < 4.78 is 13.8. The van der Waals surface area contributed by atoms with Crippen LogP contribution in [0, 0.1) is 5.92 Å². The van der Waals surface area contributed by atoms with E-state index in [-0.39, 0.29) is 17.9 Å². The second-order valence-corrected chi connectivity index (χ2v) is 8.20. The molecule has 30 heavy (non-hydrogen) atoms. The lowest BCUT2D eigenvalue weighted by molar-refractivity contribution is -0.136. The molecule has 0 bridgehead atoms. The number of nitrogens with zero attached hydrogens (tertiary/aromatic N) is 3. The van der Waals surface area contributed by atoms with Crippen molar-refractivity contribution < 1.29 is 14.3 Å². The minimum atomic E-state index is 0.0739. The van der Waals surface area contributed by atoms with Crippen LogP contribution < -0.4 is 4.74 Å². The Morgan fingerprint density at radius 1 is 1.27 bits per heavy atom. The highest BCUT2D eigenvalue weighted by molar-refractivity contribution is 5.79. The Morgan fingerprint density at radius 3 is 2.83 bits per heavy atom. The van der Waals surface area contributed by atoms with E-state index in [1.165, 1.54) is 11.3 Å². The second-order valence-electron chi connectivity index (χ2n) is 8.20. The molecule has 1 amide bonds. The van der Waals surface area contributed by atoms with E-state index in [0.29, 0.717) is 19.8 Å². The summed E-state index contributed by atoms with van der Waals surface area (Å²) in [5, 5.41) is 5.01. The lowest BCUT2D eigenvalue weighted by atomic mass is 9.99. The first-order valence-corrected chi connectivity index (χ1v) is 11.4. The van der Waals surface area contributed by atoms with Gasteiger partial charge in [-0.2, -0.15) is 5.10 Å². The topological polar surface area (TPSA) is 56.6 Å². The zero-order valence-electron chi connectivity index (χ0n) is 18.2. The minimum Gasteiger partial charge on any atom is -0.492 e. The van der Waals surface area contributed by atoms with Crippen LogP contribution in [0.25, 0.3) is 0 Å². The highest BCUT2D eigenvalue weighted by Gasteiger charge is 2.37. The summed E-state index contributed by atoms with van der Waals surface area (Å²) in [5.41, 5.74) is 3.48. The van der Waals surface area contributed by atoms with Gasteiger partial charge in [-0.1, -0.05) is 32.0 Å². The molecule has 1 unspecified atom stereocenters. The molecule has 3 heterocycles. The summed E-state index contributed by atoms with van der Waals surface area (Å²) in [6, 6.07) is 9.96. The van der Waals surface area contributed by atoms with Gasteiger partial charge in [0.25, 0.3) is 0 Å². The molecule has 6 heteroatoms. The minimum absolute atomic E-state index is 0.0739. The van der Waals surface area contributed by atoms with Crippen LogP contribution in [0.15, 0.2) is 30.3 Å². The third kappa shape index (κ3) is 4.24. The van der Waals surface area contributed by atoms with Crippen LogP contribution in [0.3, 0.4) is 0 Å². The number of aromatic nitrogens is 2. The van der Waals surface area contributed by atoms with Crippen LogP contribution in [-0.4, -0.2) is 40.3 Å². The van der Waals surface area contributed by atoms with E-state index >= 15 is 0 Å². The van der Waals surface area contributed by atoms with Crippen molar-refractivity contribution in [1.29, 1.82) is 0 Å². The van der Waals surface area contributed by atoms with Crippen LogP contribution in [0.4, 0.5) is 0 Å². The van der Waals surface area contributed by atoms with E-state index in [1.54, 1.807) is 0 Å². The number of hydrogen-bond donors (Lipinski definition) is 0. The van der Waals surface area contributed by atoms with Gasteiger partial charge in [0.15, 0.2) is 0 Å². The van der Waals surface area contributed by atoms with Crippen molar-refractivity contribution in [2.75, 3.05) is 19.8 Å². The maximum absolute atomic E-state index is 13.1. The molecule has 2 aromatic rings. The smallest absolute Gasteiger partial charge is 0.226 e. The normalized spacial score (nSPS) is 18.6. The quantitative estimate of drug-likeness (QED) is 0.655. The Kier molecular flexibility index (Phi) is 6.72. The zero-order chi connectivity index (χ0) is 20.9. The van der Waals surface area contributed by atoms with Crippen LogP contribution in [0.5, 0.6) is 5.75 Å². The number of rotatable bonds is 8. The number of carbonyl (C=O) groups excluding carboxylic acids is 1. The molecule has 0 aliphatic carbocycles. The molecule has 1 saturated heterocycles. The fraction of sp³-hybridized carbons (Fsp3) is 0.583. The lowest BCUT2D eigenvalue weighted by Gasteiger charge is -2.28. The number of fused-ring (bicyclic) bond motifs is 1. The fourth-order valence-corrected chi connectivity index (χ4v) is 4.74. The molecule has 6 nitrogen and oxygen atoms in total.